The highest BCUT2D eigenvalue weighted by Crippen LogP contribution is 2.16. The lowest BCUT2D eigenvalue weighted by Crippen LogP contribution is -1.98. The first-order valence-corrected chi connectivity index (χ1v) is 4.70. The van der Waals surface area contributed by atoms with Crippen LogP contribution in [0.3, 0.4) is 0 Å². The summed E-state index contributed by atoms with van der Waals surface area (Å²) in [4.78, 5) is 16.4. The first kappa shape index (κ1) is 10.3. The van der Waals surface area contributed by atoms with Gasteiger partial charge in [-0.3, -0.25) is 0 Å². The molecule has 2 rings (SSSR count). The van der Waals surface area contributed by atoms with Crippen molar-refractivity contribution in [2.45, 2.75) is 0 Å². The molecule has 0 spiro atoms. The largest absolute Gasteiger partial charge is 0.481 e. The standard InChI is InChI=1S/C10H11N5O/c1-11-8-3-4-12-10(15-8)7-5-9(16-2)14-6-13-7/h3-6H,1-2H3,(H,11,12,15). The summed E-state index contributed by atoms with van der Waals surface area (Å²) in [6, 6.07) is 3.47. The van der Waals surface area contributed by atoms with Gasteiger partial charge < -0.3 is 10.1 Å². The third-order valence-corrected chi connectivity index (χ3v) is 1.99. The minimum atomic E-state index is 0.489. The van der Waals surface area contributed by atoms with Crippen LogP contribution in [-0.2, 0) is 0 Å². The average Bonchev–Trinajstić information content (AvgIpc) is 2.39. The van der Waals surface area contributed by atoms with Crippen LogP contribution in [0.1, 0.15) is 0 Å². The van der Waals surface area contributed by atoms with Crippen LogP contribution in [-0.4, -0.2) is 34.1 Å². The van der Waals surface area contributed by atoms with Crippen LogP contribution in [0.25, 0.3) is 11.5 Å². The molecule has 16 heavy (non-hydrogen) atoms. The molecule has 0 radical (unpaired) electrons. The summed E-state index contributed by atoms with van der Waals surface area (Å²) < 4.78 is 5.01. The quantitative estimate of drug-likeness (QED) is 0.826. The Balaban J connectivity index is 2.41. The zero-order chi connectivity index (χ0) is 11.4. The van der Waals surface area contributed by atoms with Gasteiger partial charge in [-0.15, -0.1) is 0 Å². The van der Waals surface area contributed by atoms with Crippen molar-refractivity contribution in [3.8, 4) is 17.4 Å². The van der Waals surface area contributed by atoms with Crippen molar-refractivity contribution in [2.75, 3.05) is 19.5 Å². The van der Waals surface area contributed by atoms with Gasteiger partial charge in [-0.1, -0.05) is 0 Å². The van der Waals surface area contributed by atoms with Crippen LogP contribution >= 0.6 is 0 Å². The molecule has 0 aliphatic heterocycles. The van der Waals surface area contributed by atoms with E-state index in [-0.39, 0.29) is 0 Å². The third-order valence-electron chi connectivity index (χ3n) is 1.99. The molecular weight excluding hydrogens is 206 g/mol. The van der Waals surface area contributed by atoms with Gasteiger partial charge in [0.2, 0.25) is 5.88 Å². The molecule has 0 fully saturated rings. The van der Waals surface area contributed by atoms with Gasteiger partial charge in [0, 0.05) is 19.3 Å². The summed E-state index contributed by atoms with van der Waals surface area (Å²) in [5.41, 5.74) is 0.629. The van der Waals surface area contributed by atoms with Gasteiger partial charge >= 0.3 is 0 Å². The second kappa shape index (κ2) is 4.52. The zero-order valence-corrected chi connectivity index (χ0v) is 9.01. The van der Waals surface area contributed by atoms with Crippen molar-refractivity contribution in [1.82, 2.24) is 19.9 Å². The lowest BCUT2D eigenvalue weighted by Gasteiger charge is -2.03. The van der Waals surface area contributed by atoms with Crippen molar-refractivity contribution in [3.05, 3.63) is 24.7 Å². The number of nitrogens with one attached hydrogen (secondary N) is 1. The van der Waals surface area contributed by atoms with Gasteiger partial charge in [0.25, 0.3) is 0 Å². The van der Waals surface area contributed by atoms with E-state index in [4.69, 9.17) is 4.74 Å². The Kier molecular flexibility index (Phi) is 2.90. The maximum absolute atomic E-state index is 5.01. The Bertz CT molecular complexity index is 443. The average molecular weight is 217 g/mol. The van der Waals surface area contributed by atoms with E-state index in [2.05, 4.69) is 25.3 Å². The summed E-state index contributed by atoms with van der Waals surface area (Å²) in [6.07, 6.45) is 3.09. The Labute approximate surface area is 92.8 Å². The SMILES string of the molecule is CNc1ccnc(-c2cc(OC)ncn2)n1. The number of rotatable bonds is 3. The van der Waals surface area contributed by atoms with Gasteiger partial charge in [0.05, 0.1) is 7.11 Å². The minimum absolute atomic E-state index is 0.489. The summed E-state index contributed by atoms with van der Waals surface area (Å²) in [6.45, 7) is 0. The minimum Gasteiger partial charge on any atom is -0.481 e. The van der Waals surface area contributed by atoms with E-state index in [0.717, 1.165) is 5.82 Å². The molecule has 0 amide bonds. The molecule has 0 saturated carbocycles. The molecule has 0 atom stereocenters. The van der Waals surface area contributed by atoms with E-state index in [1.54, 1.807) is 32.5 Å². The van der Waals surface area contributed by atoms with E-state index in [1.165, 1.54) is 6.33 Å². The summed E-state index contributed by atoms with van der Waals surface area (Å²) >= 11 is 0. The Morgan fingerprint density at radius 3 is 2.88 bits per heavy atom. The third kappa shape index (κ3) is 2.05. The Morgan fingerprint density at radius 2 is 2.12 bits per heavy atom. The molecule has 0 unspecified atom stereocenters. The predicted molar refractivity (Wildman–Crippen MR) is 59.2 cm³/mol. The molecule has 0 bridgehead atoms. The monoisotopic (exact) mass is 217 g/mol. The highest BCUT2D eigenvalue weighted by atomic mass is 16.5. The molecule has 6 heteroatoms. The Morgan fingerprint density at radius 1 is 1.25 bits per heavy atom. The number of hydrogen-bond donors (Lipinski definition) is 1. The highest BCUT2D eigenvalue weighted by molar-refractivity contribution is 5.52. The van der Waals surface area contributed by atoms with E-state index in [0.29, 0.717) is 17.4 Å². The lowest BCUT2D eigenvalue weighted by molar-refractivity contribution is 0.397. The highest BCUT2D eigenvalue weighted by Gasteiger charge is 2.05. The van der Waals surface area contributed by atoms with Gasteiger partial charge in [-0.2, -0.15) is 0 Å². The number of aromatic nitrogens is 4. The fraction of sp³-hybridized carbons (Fsp3) is 0.200. The normalized spacial score (nSPS) is 9.88. The molecule has 0 aliphatic carbocycles. The van der Waals surface area contributed by atoms with Gasteiger partial charge in [-0.25, -0.2) is 19.9 Å². The summed E-state index contributed by atoms with van der Waals surface area (Å²) in [5.74, 6) is 1.76. The van der Waals surface area contributed by atoms with Crippen LogP contribution in [0, 0.1) is 0 Å². The van der Waals surface area contributed by atoms with E-state index >= 15 is 0 Å². The van der Waals surface area contributed by atoms with Gasteiger partial charge in [0.1, 0.15) is 17.8 Å². The molecule has 2 aromatic heterocycles. The molecule has 6 nitrogen and oxygen atoms in total. The Hall–Kier alpha value is -2.24. The number of ether oxygens (including phenoxy) is 1. The first-order chi connectivity index (χ1) is 7.83. The van der Waals surface area contributed by atoms with Crippen LogP contribution < -0.4 is 10.1 Å². The maximum Gasteiger partial charge on any atom is 0.216 e. The van der Waals surface area contributed by atoms with E-state index in [9.17, 15) is 0 Å². The molecule has 1 N–H and O–H groups in total. The van der Waals surface area contributed by atoms with Crippen molar-refractivity contribution in [1.29, 1.82) is 0 Å². The van der Waals surface area contributed by atoms with Crippen LogP contribution in [0.4, 0.5) is 5.82 Å². The van der Waals surface area contributed by atoms with Crippen LogP contribution in [0.2, 0.25) is 0 Å². The second-order valence-corrected chi connectivity index (χ2v) is 2.96. The van der Waals surface area contributed by atoms with Gasteiger partial charge in [0.15, 0.2) is 5.82 Å². The molecule has 2 heterocycles. The number of nitrogens with zero attached hydrogens (tertiary/aromatic N) is 4. The van der Waals surface area contributed by atoms with Crippen LogP contribution in [0.5, 0.6) is 5.88 Å². The molecule has 2 aromatic rings. The van der Waals surface area contributed by atoms with Crippen molar-refractivity contribution in [3.63, 3.8) is 0 Å². The first-order valence-electron chi connectivity index (χ1n) is 4.70. The van der Waals surface area contributed by atoms with Crippen molar-refractivity contribution < 1.29 is 4.74 Å². The van der Waals surface area contributed by atoms with Crippen molar-refractivity contribution in [2.24, 2.45) is 0 Å². The van der Waals surface area contributed by atoms with E-state index in [1.807, 2.05) is 0 Å². The number of hydrogen-bond acceptors (Lipinski definition) is 6. The maximum atomic E-state index is 5.01. The molecule has 0 aromatic carbocycles. The summed E-state index contributed by atoms with van der Waals surface area (Å²) in [5, 5.41) is 2.94. The van der Waals surface area contributed by atoms with E-state index < -0.39 is 0 Å². The fourth-order valence-electron chi connectivity index (χ4n) is 1.19. The smallest absolute Gasteiger partial charge is 0.216 e. The fourth-order valence-corrected chi connectivity index (χ4v) is 1.19. The molecule has 0 aliphatic rings. The number of anilines is 1. The van der Waals surface area contributed by atoms with Gasteiger partial charge in [-0.05, 0) is 6.07 Å². The lowest BCUT2D eigenvalue weighted by atomic mass is 10.3. The molecular formula is C10H11N5O. The van der Waals surface area contributed by atoms with Crippen molar-refractivity contribution >= 4 is 5.82 Å². The van der Waals surface area contributed by atoms with Crippen LogP contribution in [0.15, 0.2) is 24.7 Å². The second-order valence-electron chi connectivity index (χ2n) is 2.96. The predicted octanol–water partition coefficient (Wildman–Crippen LogP) is 0.984. The molecule has 0 saturated heterocycles. The summed E-state index contributed by atoms with van der Waals surface area (Å²) in [7, 11) is 3.35. The molecule has 82 valence electrons. The number of methoxy groups -OCH3 is 1. The zero-order valence-electron chi connectivity index (χ0n) is 9.01. The topological polar surface area (TPSA) is 72.8 Å².